The number of sulfonamides is 1. The summed E-state index contributed by atoms with van der Waals surface area (Å²) in [6.45, 7) is 1.70. The molecular formula is C22H19ClN2O4S. The minimum Gasteiger partial charge on any atom is -0.476 e. The van der Waals surface area contributed by atoms with Crippen molar-refractivity contribution in [2.45, 2.75) is 17.9 Å². The van der Waals surface area contributed by atoms with Gasteiger partial charge in [0.25, 0.3) is 15.9 Å². The van der Waals surface area contributed by atoms with Gasteiger partial charge < -0.3 is 10.1 Å². The van der Waals surface area contributed by atoms with E-state index in [0.29, 0.717) is 16.4 Å². The predicted octanol–water partition coefficient (Wildman–Crippen LogP) is 4.24. The van der Waals surface area contributed by atoms with Gasteiger partial charge in [-0.25, -0.2) is 8.42 Å². The smallest absolute Gasteiger partial charge is 0.267 e. The number of anilines is 2. The van der Waals surface area contributed by atoms with Gasteiger partial charge in [-0.2, -0.15) is 0 Å². The number of nitrogens with zero attached hydrogens (tertiary/aromatic N) is 1. The molecule has 0 fully saturated rings. The number of fused-ring (bicyclic) bond motifs is 1. The number of carbonyl (C=O) groups is 1. The second-order valence-electron chi connectivity index (χ2n) is 6.92. The van der Waals surface area contributed by atoms with Crippen LogP contribution in [-0.2, 0) is 14.8 Å². The zero-order chi connectivity index (χ0) is 21.3. The number of rotatable bonds is 4. The molecule has 0 spiro atoms. The van der Waals surface area contributed by atoms with E-state index >= 15 is 0 Å². The van der Waals surface area contributed by atoms with Crippen LogP contribution in [0.2, 0.25) is 5.02 Å². The van der Waals surface area contributed by atoms with Crippen molar-refractivity contribution in [3.05, 3.63) is 83.4 Å². The Morgan fingerprint density at radius 1 is 1.07 bits per heavy atom. The maximum absolute atomic E-state index is 13.4. The van der Waals surface area contributed by atoms with Crippen LogP contribution >= 0.6 is 11.6 Å². The molecule has 0 saturated heterocycles. The van der Waals surface area contributed by atoms with Gasteiger partial charge >= 0.3 is 0 Å². The van der Waals surface area contributed by atoms with Gasteiger partial charge in [-0.15, -0.1) is 0 Å². The van der Waals surface area contributed by atoms with E-state index in [4.69, 9.17) is 16.3 Å². The number of carbonyl (C=O) groups excluding carboxylic acids is 1. The summed E-state index contributed by atoms with van der Waals surface area (Å²) in [6, 6.07) is 20.1. The van der Waals surface area contributed by atoms with Crippen molar-refractivity contribution in [2.24, 2.45) is 0 Å². The van der Waals surface area contributed by atoms with Gasteiger partial charge in [-0.3, -0.25) is 9.10 Å². The zero-order valence-electron chi connectivity index (χ0n) is 16.1. The number of hydrogen-bond donors (Lipinski definition) is 1. The van der Waals surface area contributed by atoms with Crippen LogP contribution in [0, 0.1) is 6.92 Å². The SMILES string of the molecule is Cc1ccc(S(=O)(=O)N2C[C@H](C(=O)Nc3ccccc3)Oc3ccc(Cl)cc32)cc1. The highest BCUT2D eigenvalue weighted by molar-refractivity contribution is 7.92. The van der Waals surface area contributed by atoms with Gasteiger partial charge in [0.1, 0.15) is 5.75 Å². The summed E-state index contributed by atoms with van der Waals surface area (Å²) in [5.74, 6) is -0.166. The second-order valence-corrected chi connectivity index (χ2v) is 9.22. The Hall–Kier alpha value is -3.03. The molecule has 1 aliphatic rings. The molecular weight excluding hydrogens is 424 g/mol. The Kier molecular flexibility index (Phi) is 5.40. The lowest BCUT2D eigenvalue weighted by Gasteiger charge is -2.34. The minimum atomic E-state index is -3.93. The monoisotopic (exact) mass is 442 g/mol. The van der Waals surface area contributed by atoms with Crippen molar-refractivity contribution >= 4 is 38.9 Å². The Bertz CT molecular complexity index is 1180. The number of benzene rings is 3. The Morgan fingerprint density at radius 3 is 2.47 bits per heavy atom. The number of hydrogen-bond acceptors (Lipinski definition) is 4. The number of nitrogens with one attached hydrogen (secondary N) is 1. The standard InChI is InChI=1S/C22H19ClN2O4S/c1-15-7-10-18(11-8-15)30(27,28)25-14-21(22(26)24-17-5-3-2-4-6-17)29-20-12-9-16(23)13-19(20)25/h2-13,21H,14H2,1H3,(H,24,26)/t21-/m1/s1. The van der Waals surface area contributed by atoms with Crippen molar-refractivity contribution in [1.82, 2.24) is 0 Å². The van der Waals surface area contributed by atoms with Crippen LogP contribution in [-0.4, -0.2) is 27.0 Å². The van der Waals surface area contributed by atoms with Crippen molar-refractivity contribution in [2.75, 3.05) is 16.2 Å². The average Bonchev–Trinajstić information content (AvgIpc) is 2.74. The normalized spacial score (nSPS) is 15.8. The Balaban J connectivity index is 1.71. The van der Waals surface area contributed by atoms with Gasteiger partial charge in [0.15, 0.2) is 6.10 Å². The second kappa shape index (κ2) is 8.01. The van der Waals surface area contributed by atoms with E-state index in [-0.39, 0.29) is 17.2 Å². The maximum Gasteiger partial charge on any atom is 0.267 e. The lowest BCUT2D eigenvalue weighted by molar-refractivity contribution is -0.122. The van der Waals surface area contributed by atoms with Crippen LogP contribution < -0.4 is 14.4 Å². The lowest BCUT2D eigenvalue weighted by Crippen LogP contribution is -2.48. The van der Waals surface area contributed by atoms with E-state index in [1.165, 1.54) is 10.4 Å². The molecule has 4 rings (SSSR count). The molecule has 1 heterocycles. The molecule has 0 bridgehead atoms. The highest BCUT2D eigenvalue weighted by Crippen LogP contribution is 2.39. The Morgan fingerprint density at radius 2 is 1.77 bits per heavy atom. The lowest BCUT2D eigenvalue weighted by atomic mass is 10.2. The van der Waals surface area contributed by atoms with Crippen LogP contribution in [0.4, 0.5) is 11.4 Å². The molecule has 1 amide bonds. The van der Waals surface area contributed by atoms with Crippen LogP contribution in [0.5, 0.6) is 5.75 Å². The summed E-state index contributed by atoms with van der Waals surface area (Å²) in [6.07, 6.45) is -1.03. The third kappa shape index (κ3) is 3.99. The molecule has 0 saturated carbocycles. The first-order valence-corrected chi connectivity index (χ1v) is 11.1. The summed E-state index contributed by atoms with van der Waals surface area (Å²) in [5, 5.41) is 3.13. The number of ether oxygens (including phenoxy) is 1. The van der Waals surface area contributed by atoms with Crippen molar-refractivity contribution in [3.63, 3.8) is 0 Å². The van der Waals surface area contributed by atoms with Gasteiger partial charge in [0.2, 0.25) is 0 Å². The molecule has 6 nitrogen and oxygen atoms in total. The number of para-hydroxylation sites is 1. The summed E-state index contributed by atoms with van der Waals surface area (Å²) in [4.78, 5) is 12.9. The molecule has 0 radical (unpaired) electrons. The number of halogens is 1. The first-order chi connectivity index (χ1) is 14.3. The van der Waals surface area contributed by atoms with Crippen LogP contribution in [0.15, 0.2) is 77.7 Å². The van der Waals surface area contributed by atoms with Crippen molar-refractivity contribution < 1.29 is 17.9 Å². The zero-order valence-corrected chi connectivity index (χ0v) is 17.7. The molecule has 1 aliphatic heterocycles. The molecule has 154 valence electrons. The summed E-state index contributed by atoms with van der Waals surface area (Å²) >= 11 is 6.11. The summed E-state index contributed by atoms with van der Waals surface area (Å²) in [7, 11) is -3.93. The largest absolute Gasteiger partial charge is 0.476 e. The van der Waals surface area contributed by atoms with E-state index in [2.05, 4.69) is 5.32 Å². The third-order valence-corrected chi connectivity index (χ3v) is 6.76. The predicted molar refractivity (Wildman–Crippen MR) is 117 cm³/mol. The van der Waals surface area contributed by atoms with Crippen molar-refractivity contribution in [3.8, 4) is 5.75 Å². The molecule has 1 N–H and O–H groups in total. The fraction of sp³-hybridized carbons (Fsp3) is 0.136. The molecule has 3 aromatic rings. The molecule has 30 heavy (non-hydrogen) atoms. The molecule has 0 aromatic heterocycles. The Labute approximate surface area is 180 Å². The molecule has 1 atom stereocenters. The van der Waals surface area contributed by atoms with E-state index in [1.54, 1.807) is 60.7 Å². The average molecular weight is 443 g/mol. The van der Waals surface area contributed by atoms with Gasteiger partial charge in [0, 0.05) is 10.7 Å². The topological polar surface area (TPSA) is 75.7 Å². The fourth-order valence-corrected chi connectivity index (χ4v) is 4.80. The van der Waals surface area contributed by atoms with E-state index in [0.717, 1.165) is 5.56 Å². The molecule has 3 aromatic carbocycles. The third-order valence-electron chi connectivity index (χ3n) is 4.73. The van der Waals surface area contributed by atoms with Crippen molar-refractivity contribution in [1.29, 1.82) is 0 Å². The molecule has 8 heteroatoms. The highest BCUT2D eigenvalue weighted by atomic mass is 35.5. The van der Waals surface area contributed by atoms with Crippen LogP contribution in [0.3, 0.4) is 0 Å². The van der Waals surface area contributed by atoms with Crippen LogP contribution in [0.25, 0.3) is 0 Å². The maximum atomic E-state index is 13.4. The van der Waals surface area contributed by atoms with E-state index < -0.39 is 22.0 Å². The summed E-state index contributed by atoms with van der Waals surface area (Å²) < 4.78 is 33.8. The first-order valence-electron chi connectivity index (χ1n) is 9.26. The first kappa shape index (κ1) is 20.3. The fourth-order valence-electron chi connectivity index (χ4n) is 3.17. The number of aryl methyl sites for hydroxylation is 1. The number of amides is 1. The van der Waals surface area contributed by atoms with E-state index in [1.807, 2.05) is 13.0 Å². The summed E-state index contributed by atoms with van der Waals surface area (Å²) in [5.41, 5.74) is 1.84. The van der Waals surface area contributed by atoms with Gasteiger partial charge in [-0.05, 0) is 49.4 Å². The van der Waals surface area contributed by atoms with E-state index in [9.17, 15) is 13.2 Å². The van der Waals surface area contributed by atoms with Gasteiger partial charge in [0.05, 0.1) is 17.1 Å². The quantitative estimate of drug-likeness (QED) is 0.655. The minimum absolute atomic E-state index is 0.128. The molecule has 0 aliphatic carbocycles. The van der Waals surface area contributed by atoms with Gasteiger partial charge in [-0.1, -0.05) is 47.5 Å². The highest BCUT2D eigenvalue weighted by Gasteiger charge is 2.37. The van der Waals surface area contributed by atoms with Crippen LogP contribution in [0.1, 0.15) is 5.56 Å². The molecule has 0 unspecified atom stereocenters.